The number of morpholine rings is 1. The fraction of sp³-hybridized carbons (Fsp3) is 0.643. The molecule has 2 heterocycles. The summed E-state index contributed by atoms with van der Waals surface area (Å²) in [5.41, 5.74) is 2.55. The summed E-state index contributed by atoms with van der Waals surface area (Å²) in [6, 6.07) is 4.18. The Morgan fingerprint density at radius 2 is 2.29 bits per heavy atom. The average molecular weight is 234 g/mol. The molecule has 0 aliphatic carbocycles. The first-order chi connectivity index (χ1) is 7.99. The Kier molecular flexibility index (Phi) is 3.50. The Bertz CT molecular complexity index is 390. The number of rotatable bonds is 2. The highest BCUT2D eigenvalue weighted by molar-refractivity contribution is 5.18. The minimum atomic E-state index is 0.106. The van der Waals surface area contributed by atoms with Crippen molar-refractivity contribution in [2.24, 2.45) is 0 Å². The van der Waals surface area contributed by atoms with E-state index < -0.39 is 0 Å². The van der Waals surface area contributed by atoms with Gasteiger partial charge in [0.1, 0.15) is 0 Å². The van der Waals surface area contributed by atoms with Gasteiger partial charge in [0.2, 0.25) is 0 Å². The zero-order chi connectivity index (χ0) is 12.5. The van der Waals surface area contributed by atoms with E-state index >= 15 is 0 Å². The molecule has 0 amide bonds. The largest absolute Gasteiger partial charge is 0.375 e. The quantitative estimate of drug-likeness (QED) is 0.785. The molecule has 2 rings (SSSR count). The first-order valence-electron chi connectivity index (χ1n) is 6.26. The molecule has 1 atom stereocenters. The van der Waals surface area contributed by atoms with Crippen molar-refractivity contribution in [3.63, 3.8) is 0 Å². The van der Waals surface area contributed by atoms with E-state index in [1.807, 2.05) is 12.3 Å². The van der Waals surface area contributed by atoms with E-state index in [1.165, 1.54) is 5.56 Å². The number of ether oxygens (including phenoxy) is 1. The third-order valence-corrected chi connectivity index (χ3v) is 3.53. The lowest BCUT2D eigenvalue weighted by Gasteiger charge is -2.44. The van der Waals surface area contributed by atoms with Gasteiger partial charge in [0, 0.05) is 30.5 Å². The number of aryl methyl sites for hydroxylation is 1. The summed E-state index contributed by atoms with van der Waals surface area (Å²) < 4.78 is 5.73. The van der Waals surface area contributed by atoms with Crippen molar-refractivity contribution in [1.82, 2.24) is 9.88 Å². The van der Waals surface area contributed by atoms with E-state index in [-0.39, 0.29) is 5.54 Å². The van der Waals surface area contributed by atoms with Crippen molar-refractivity contribution in [3.05, 3.63) is 29.6 Å². The number of nitrogens with zero attached hydrogens (tertiary/aromatic N) is 2. The molecule has 0 radical (unpaired) electrons. The van der Waals surface area contributed by atoms with Crippen LogP contribution in [0.25, 0.3) is 0 Å². The Balaban J connectivity index is 2.14. The van der Waals surface area contributed by atoms with E-state index in [2.05, 4.69) is 43.6 Å². The normalized spacial score (nSPS) is 24.8. The summed E-state index contributed by atoms with van der Waals surface area (Å²) in [6.45, 7) is 11.4. The van der Waals surface area contributed by atoms with Crippen molar-refractivity contribution in [2.45, 2.75) is 45.9 Å². The third kappa shape index (κ3) is 2.85. The molecule has 3 nitrogen and oxygen atoms in total. The molecule has 1 aromatic heterocycles. The van der Waals surface area contributed by atoms with Crippen molar-refractivity contribution >= 4 is 0 Å². The first-order valence-corrected chi connectivity index (χ1v) is 6.26. The summed E-state index contributed by atoms with van der Waals surface area (Å²) in [4.78, 5) is 6.84. The second-order valence-corrected chi connectivity index (χ2v) is 5.56. The molecule has 3 heteroatoms. The molecule has 0 bridgehead atoms. The van der Waals surface area contributed by atoms with Crippen molar-refractivity contribution < 1.29 is 4.74 Å². The Hall–Kier alpha value is -0.930. The monoisotopic (exact) mass is 234 g/mol. The Morgan fingerprint density at radius 3 is 3.00 bits per heavy atom. The molecule has 17 heavy (non-hydrogen) atoms. The molecule has 0 unspecified atom stereocenters. The summed E-state index contributed by atoms with van der Waals surface area (Å²) in [6.07, 6.45) is 2.17. The van der Waals surface area contributed by atoms with E-state index in [4.69, 9.17) is 4.74 Å². The molecule has 1 aromatic rings. The van der Waals surface area contributed by atoms with Crippen LogP contribution >= 0.6 is 0 Å². The van der Waals surface area contributed by atoms with Gasteiger partial charge >= 0.3 is 0 Å². The molecule has 1 saturated heterocycles. The third-order valence-electron chi connectivity index (χ3n) is 3.53. The van der Waals surface area contributed by atoms with Crippen molar-refractivity contribution in [2.75, 3.05) is 13.2 Å². The van der Waals surface area contributed by atoms with Gasteiger partial charge in [-0.25, -0.2) is 0 Å². The van der Waals surface area contributed by atoms with Gasteiger partial charge < -0.3 is 4.74 Å². The predicted molar refractivity (Wildman–Crippen MR) is 68.9 cm³/mol. The van der Waals surface area contributed by atoms with Crippen LogP contribution in [0.15, 0.2) is 18.3 Å². The van der Waals surface area contributed by atoms with Crippen LogP contribution in [0.2, 0.25) is 0 Å². The topological polar surface area (TPSA) is 25.4 Å². The summed E-state index contributed by atoms with van der Waals surface area (Å²) >= 11 is 0. The van der Waals surface area contributed by atoms with Crippen LogP contribution in [0.1, 0.15) is 32.0 Å². The maximum absolute atomic E-state index is 5.73. The van der Waals surface area contributed by atoms with Gasteiger partial charge in [0.05, 0.1) is 12.7 Å². The minimum Gasteiger partial charge on any atom is -0.375 e. The molecule has 1 aliphatic rings. The standard InChI is InChI=1S/C14H22N2O/c1-11-8-16(14(3,4)10-17-11)9-13-6-5-7-15-12(13)2/h5-7,11H,8-10H2,1-4H3/t11-/m0/s1. The zero-order valence-corrected chi connectivity index (χ0v) is 11.2. The van der Waals surface area contributed by atoms with Crippen LogP contribution in [0.5, 0.6) is 0 Å². The lowest BCUT2D eigenvalue weighted by molar-refractivity contribution is -0.0950. The molecule has 0 N–H and O–H groups in total. The summed E-state index contributed by atoms with van der Waals surface area (Å²) in [5, 5.41) is 0. The van der Waals surface area contributed by atoms with Crippen LogP contribution in [-0.4, -0.2) is 34.7 Å². The van der Waals surface area contributed by atoms with Crippen LogP contribution in [-0.2, 0) is 11.3 Å². The molecule has 0 saturated carbocycles. The SMILES string of the molecule is Cc1ncccc1CN1C[C@H](C)OCC1(C)C. The van der Waals surface area contributed by atoms with Crippen LogP contribution < -0.4 is 0 Å². The maximum Gasteiger partial charge on any atom is 0.0675 e. The second kappa shape index (κ2) is 4.75. The lowest BCUT2D eigenvalue weighted by Crippen LogP contribution is -2.54. The zero-order valence-electron chi connectivity index (χ0n) is 11.2. The van der Waals surface area contributed by atoms with Crippen molar-refractivity contribution in [1.29, 1.82) is 0 Å². The molecule has 0 aromatic carbocycles. The Morgan fingerprint density at radius 1 is 1.53 bits per heavy atom. The highest BCUT2D eigenvalue weighted by Crippen LogP contribution is 2.24. The lowest BCUT2D eigenvalue weighted by atomic mass is 9.99. The Labute approximate surface area is 104 Å². The van der Waals surface area contributed by atoms with Gasteiger partial charge in [-0.1, -0.05) is 6.07 Å². The van der Waals surface area contributed by atoms with E-state index in [9.17, 15) is 0 Å². The van der Waals surface area contributed by atoms with Gasteiger partial charge in [-0.2, -0.15) is 0 Å². The number of aromatic nitrogens is 1. The van der Waals surface area contributed by atoms with E-state index in [0.29, 0.717) is 6.10 Å². The highest BCUT2D eigenvalue weighted by atomic mass is 16.5. The smallest absolute Gasteiger partial charge is 0.0675 e. The average Bonchev–Trinajstić information content (AvgIpc) is 2.27. The minimum absolute atomic E-state index is 0.106. The fourth-order valence-corrected chi connectivity index (χ4v) is 2.22. The van der Waals surface area contributed by atoms with Gasteiger partial charge in [-0.15, -0.1) is 0 Å². The second-order valence-electron chi connectivity index (χ2n) is 5.56. The highest BCUT2D eigenvalue weighted by Gasteiger charge is 2.33. The number of hydrogen-bond donors (Lipinski definition) is 0. The van der Waals surface area contributed by atoms with Gasteiger partial charge in [-0.05, 0) is 39.3 Å². The molecule has 94 valence electrons. The summed E-state index contributed by atoms with van der Waals surface area (Å²) in [7, 11) is 0. The van der Waals surface area contributed by atoms with Crippen LogP contribution in [0, 0.1) is 6.92 Å². The molecule has 1 aliphatic heterocycles. The molecule has 1 fully saturated rings. The van der Waals surface area contributed by atoms with Crippen molar-refractivity contribution in [3.8, 4) is 0 Å². The number of pyridine rings is 1. The maximum atomic E-state index is 5.73. The van der Waals surface area contributed by atoms with Gasteiger partial charge in [0.15, 0.2) is 0 Å². The molecule has 0 spiro atoms. The fourth-order valence-electron chi connectivity index (χ4n) is 2.22. The predicted octanol–water partition coefficient (Wildman–Crippen LogP) is 2.39. The van der Waals surface area contributed by atoms with Gasteiger partial charge in [0.25, 0.3) is 0 Å². The first kappa shape index (κ1) is 12.5. The molecular weight excluding hydrogens is 212 g/mol. The van der Waals surface area contributed by atoms with Crippen LogP contribution in [0.4, 0.5) is 0 Å². The number of hydrogen-bond acceptors (Lipinski definition) is 3. The summed E-state index contributed by atoms with van der Waals surface area (Å²) in [5.74, 6) is 0. The van der Waals surface area contributed by atoms with E-state index in [0.717, 1.165) is 25.4 Å². The molecular formula is C14H22N2O. The van der Waals surface area contributed by atoms with Gasteiger partial charge in [-0.3, -0.25) is 9.88 Å². The van der Waals surface area contributed by atoms with E-state index in [1.54, 1.807) is 0 Å². The van der Waals surface area contributed by atoms with Crippen LogP contribution in [0.3, 0.4) is 0 Å².